The molecule has 1 fully saturated rings. The molecule has 3 heteroatoms. The van der Waals surface area contributed by atoms with Crippen LogP contribution in [-0.2, 0) is 5.60 Å². The molecule has 1 N–H and O–H groups in total. The van der Waals surface area contributed by atoms with Crippen molar-refractivity contribution in [3.63, 3.8) is 0 Å². The maximum atomic E-state index is 11.1. The van der Waals surface area contributed by atoms with E-state index in [1.165, 1.54) is 6.42 Å². The molecule has 0 bridgehead atoms. The van der Waals surface area contributed by atoms with Gasteiger partial charge in [-0.25, -0.2) is 0 Å². The molecule has 21 heavy (non-hydrogen) atoms. The number of aliphatic hydroxyl groups is 1. The zero-order valence-corrected chi connectivity index (χ0v) is 13.5. The molecule has 1 saturated carbocycles. The summed E-state index contributed by atoms with van der Waals surface area (Å²) in [6.07, 6.45) is 4.84. The lowest BCUT2D eigenvalue weighted by atomic mass is 9.87. The van der Waals surface area contributed by atoms with E-state index in [0.717, 1.165) is 31.1 Å². The van der Waals surface area contributed by atoms with E-state index >= 15 is 0 Å². The molecule has 0 spiro atoms. The zero-order valence-electron chi connectivity index (χ0n) is 12.7. The second-order valence-corrected chi connectivity index (χ2v) is 7.14. The molecule has 1 aromatic heterocycles. The highest BCUT2D eigenvalue weighted by atomic mass is 35.5. The van der Waals surface area contributed by atoms with E-state index in [1.807, 2.05) is 24.3 Å². The van der Waals surface area contributed by atoms with Gasteiger partial charge < -0.3 is 9.52 Å². The molecule has 0 aliphatic heterocycles. The second kappa shape index (κ2) is 5.66. The van der Waals surface area contributed by atoms with E-state index in [1.54, 1.807) is 0 Å². The van der Waals surface area contributed by atoms with E-state index in [4.69, 9.17) is 16.0 Å². The summed E-state index contributed by atoms with van der Waals surface area (Å²) in [5, 5.41) is 12.7. The molecule has 2 atom stereocenters. The monoisotopic (exact) mass is 306 g/mol. The molecule has 1 aliphatic carbocycles. The van der Waals surface area contributed by atoms with Crippen molar-refractivity contribution in [2.75, 3.05) is 0 Å². The first kappa shape index (κ1) is 14.9. The summed E-state index contributed by atoms with van der Waals surface area (Å²) < 4.78 is 5.91. The van der Waals surface area contributed by atoms with E-state index in [2.05, 4.69) is 13.8 Å². The minimum Gasteiger partial charge on any atom is -0.456 e. The third kappa shape index (κ3) is 2.84. The lowest BCUT2D eigenvalue weighted by molar-refractivity contribution is -0.000271. The van der Waals surface area contributed by atoms with Crippen LogP contribution < -0.4 is 0 Å². The van der Waals surface area contributed by atoms with E-state index < -0.39 is 5.60 Å². The van der Waals surface area contributed by atoms with Crippen LogP contribution in [0.2, 0.25) is 5.02 Å². The molecule has 114 valence electrons. The van der Waals surface area contributed by atoms with Gasteiger partial charge in [0.2, 0.25) is 0 Å². The summed E-state index contributed by atoms with van der Waals surface area (Å²) in [5.41, 5.74) is -0.154. The van der Waals surface area contributed by atoms with Gasteiger partial charge in [-0.05, 0) is 49.7 Å². The van der Waals surface area contributed by atoms with Crippen LogP contribution in [0.1, 0.15) is 51.7 Å². The van der Waals surface area contributed by atoms with Crippen molar-refractivity contribution in [1.82, 2.24) is 0 Å². The maximum Gasteiger partial charge on any atom is 0.153 e. The van der Waals surface area contributed by atoms with Crippen LogP contribution in [0.3, 0.4) is 0 Å². The SMILES string of the molecule is CC(C)C1CCCC(O)(c2cc3cccc(Cl)c3o2)CC1. The minimum absolute atomic E-state index is 0.607. The van der Waals surface area contributed by atoms with Crippen molar-refractivity contribution in [3.8, 4) is 0 Å². The Balaban J connectivity index is 1.91. The topological polar surface area (TPSA) is 33.4 Å². The second-order valence-electron chi connectivity index (χ2n) is 6.74. The largest absolute Gasteiger partial charge is 0.456 e. The number of hydrogen-bond donors (Lipinski definition) is 1. The van der Waals surface area contributed by atoms with Gasteiger partial charge in [-0.3, -0.25) is 0 Å². The fraction of sp³-hybridized carbons (Fsp3) is 0.556. The predicted octanol–water partition coefficient (Wildman–Crippen LogP) is 5.51. The highest BCUT2D eigenvalue weighted by molar-refractivity contribution is 6.34. The minimum atomic E-state index is -0.841. The van der Waals surface area contributed by atoms with Crippen LogP contribution in [0.15, 0.2) is 28.7 Å². The number of benzene rings is 1. The Hall–Kier alpha value is -0.990. The summed E-state index contributed by atoms with van der Waals surface area (Å²) in [6.45, 7) is 4.55. The molecular formula is C18H23ClO2. The van der Waals surface area contributed by atoms with Gasteiger partial charge in [-0.2, -0.15) is 0 Å². The Morgan fingerprint density at radius 3 is 2.81 bits per heavy atom. The molecule has 0 radical (unpaired) electrons. The highest BCUT2D eigenvalue weighted by Crippen LogP contribution is 2.42. The Bertz CT molecular complexity index is 631. The van der Waals surface area contributed by atoms with E-state index in [9.17, 15) is 5.11 Å². The van der Waals surface area contributed by atoms with Gasteiger partial charge in [-0.1, -0.05) is 44.0 Å². The van der Waals surface area contributed by atoms with Gasteiger partial charge in [0, 0.05) is 5.39 Å². The summed E-state index contributed by atoms with van der Waals surface area (Å²) in [6, 6.07) is 7.67. The number of hydrogen-bond acceptors (Lipinski definition) is 2. The molecular weight excluding hydrogens is 284 g/mol. The zero-order chi connectivity index (χ0) is 15.0. The van der Waals surface area contributed by atoms with Crippen molar-refractivity contribution < 1.29 is 9.52 Å². The number of para-hydroxylation sites is 1. The summed E-state index contributed by atoms with van der Waals surface area (Å²) >= 11 is 6.18. The quantitative estimate of drug-likeness (QED) is 0.742. The van der Waals surface area contributed by atoms with Crippen LogP contribution >= 0.6 is 11.6 Å². The standard InChI is InChI=1S/C18H23ClO2/c1-12(2)13-6-4-9-18(20,10-8-13)16-11-14-5-3-7-15(19)17(14)21-16/h3,5,7,11-13,20H,4,6,8-10H2,1-2H3. The molecule has 2 aromatic rings. The number of rotatable bonds is 2. The van der Waals surface area contributed by atoms with Crippen molar-refractivity contribution in [3.05, 3.63) is 35.0 Å². The first-order chi connectivity index (χ1) is 9.99. The van der Waals surface area contributed by atoms with Gasteiger partial charge in [-0.15, -0.1) is 0 Å². The molecule has 0 saturated heterocycles. The fourth-order valence-electron chi connectivity index (χ4n) is 3.52. The fourth-order valence-corrected chi connectivity index (χ4v) is 3.74. The molecule has 0 amide bonds. The molecule has 1 aliphatic rings. The molecule has 2 nitrogen and oxygen atoms in total. The predicted molar refractivity (Wildman–Crippen MR) is 86.5 cm³/mol. The smallest absolute Gasteiger partial charge is 0.153 e. The lowest BCUT2D eigenvalue weighted by Gasteiger charge is -2.24. The van der Waals surface area contributed by atoms with E-state index in [-0.39, 0.29) is 0 Å². The summed E-state index contributed by atoms with van der Waals surface area (Å²) in [7, 11) is 0. The van der Waals surface area contributed by atoms with Crippen LogP contribution in [-0.4, -0.2) is 5.11 Å². The lowest BCUT2D eigenvalue weighted by Crippen LogP contribution is -2.24. The van der Waals surface area contributed by atoms with Gasteiger partial charge in [0.25, 0.3) is 0 Å². The van der Waals surface area contributed by atoms with Gasteiger partial charge in [0.1, 0.15) is 11.4 Å². The number of furan rings is 1. The normalized spacial score (nSPS) is 27.2. The first-order valence-electron chi connectivity index (χ1n) is 7.90. The molecule has 3 rings (SSSR count). The average molecular weight is 307 g/mol. The van der Waals surface area contributed by atoms with Crippen LogP contribution in [0.25, 0.3) is 11.0 Å². The molecule has 1 heterocycles. The summed E-state index contributed by atoms with van der Waals surface area (Å²) in [4.78, 5) is 0. The highest BCUT2D eigenvalue weighted by Gasteiger charge is 2.36. The van der Waals surface area contributed by atoms with Crippen molar-refractivity contribution in [2.45, 2.75) is 51.6 Å². The van der Waals surface area contributed by atoms with Crippen molar-refractivity contribution >= 4 is 22.6 Å². The van der Waals surface area contributed by atoms with Crippen LogP contribution in [0.5, 0.6) is 0 Å². The molecule has 1 aromatic carbocycles. The Morgan fingerprint density at radius 2 is 2.10 bits per heavy atom. The third-order valence-corrected chi connectivity index (χ3v) is 5.29. The maximum absolute atomic E-state index is 11.1. The van der Waals surface area contributed by atoms with E-state index in [0.29, 0.717) is 28.2 Å². The average Bonchev–Trinajstić information content (AvgIpc) is 2.78. The molecule has 2 unspecified atom stereocenters. The van der Waals surface area contributed by atoms with Crippen LogP contribution in [0, 0.1) is 11.8 Å². The van der Waals surface area contributed by atoms with Gasteiger partial charge >= 0.3 is 0 Å². The number of halogens is 1. The Morgan fingerprint density at radius 1 is 1.29 bits per heavy atom. The van der Waals surface area contributed by atoms with Gasteiger partial charge in [0.15, 0.2) is 5.58 Å². The van der Waals surface area contributed by atoms with Crippen LogP contribution in [0.4, 0.5) is 0 Å². The van der Waals surface area contributed by atoms with Gasteiger partial charge in [0.05, 0.1) is 5.02 Å². The first-order valence-corrected chi connectivity index (χ1v) is 8.28. The summed E-state index contributed by atoms with van der Waals surface area (Å²) in [5.74, 6) is 2.06. The third-order valence-electron chi connectivity index (χ3n) is 4.99. The van der Waals surface area contributed by atoms with Crippen molar-refractivity contribution in [2.24, 2.45) is 11.8 Å². The number of fused-ring (bicyclic) bond motifs is 1. The Kier molecular flexibility index (Phi) is 4.02. The Labute approximate surface area is 131 Å². The van der Waals surface area contributed by atoms with Crippen molar-refractivity contribution in [1.29, 1.82) is 0 Å².